The summed E-state index contributed by atoms with van der Waals surface area (Å²) in [6.07, 6.45) is 2.77. The molecule has 1 heterocycles. The van der Waals surface area contributed by atoms with Crippen molar-refractivity contribution in [2.45, 2.75) is 20.3 Å². The summed E-state index contributed by atoms with van der Waals surface area (Å²) in [5, 5.41) is 0. The molecular weight excluding hydrogens is 124 g/mol. The molecule has 1 aromatic rings. The molecule has 1 aromatic heterocycles. The maximum absolute atomic E-state index is 4.14. The molecule has 0 aromatic carbocycles. The average molecular weight is 136 g/mol. The van der Waals surface area contributed by atoms with Crippen LogP contribution >= 0.6 is 0 Å². The summed E-state index contributed by atoms with van der Waals surface area (Å²) >= 11 is 0. The summed E-state index contributed by atoms with van der Waals surface area (Å²) in [5.74, 6) is 1.03. The molecular formula is C8H12N2. The first-order chi connectivity index (χ1) is 4.74. The highest BCUT2D eigenvalue weighted by Gasteiger charge is 1.96. The van der Waals surface area contributed by atoms with Gasteiger partial charge in [0.05, 0.1) is 11.9 Å². The predicted octanol–water partition coefficient (Wildman–Crippen LogP) is 2.01. The van der Waals surface area contributed by atoms with Crippen LogP contribution in [-0.4, -0.2) is 9.97 Å². The Morgan fingerprint density at radius 3 is 2.80 bits per heavy atom. The highest BCUT2D eigenvalue weighted by Crippen LogP contribution is 2.07. The normalized spacial score (nSPS) is 9.80. The van der Waals surface area contributed by atoms with Crippen LogP contribution in [0.1, 0.15) is 25.4 Å². The van der Waals surface area contributed by atoms with Crippen molar-refractivity contribution in [1.29, 1.82) is 0 Å². The van der Waals surface area contributed by atoms with Crippen LogP contribution in [0.2, 0.25) is 0 Å². The Morgan fingerprint density at radius 2 is 2.50 bits per heavy atom. The summed E-state index contributed by atoms with van der Waals surface area (Å²) in [7, 11) is 0. The van der Waals surface area contributed by atoms with Crippen molar-refractivity contribution in [2.75, 3.05) is 0 Å². The molecule has 0 radical (unpaired) electrons. The van der Waals surface area contributed by atoms with Gasteiger partial charge in [0.25, 0.3) is 0 Å². The lowest BCUT2D eigenvalue weighted by Crippen LogP contribution is -1.82. The molecule has 0 aliphatic rings. The highest BCUT2D eigenvalue weighted by molar-refractivity contribution is 5.56. The van der Waals surface area contributed by atoms with Gasteiger partial charge in [0, 0.05) is 6.42 Å². The number of nitrogens with zero attached hydrogens (tertiary/aromatic N) is 1. The minimum atomic E-state index is 0.952. The van der Waals surface area contributed by atoms with Crippen LogP contribution in [0.15, 0.2) is 12.8 Å². The highest BCUT2D eigenvalue weighted by atomic mass is 14.9. The molecule has 0 amide bonds. The van der Waals surface area contributed by atoms with Gasteiger partial charge in [-0.1, -0.05) is 13.5 Å². The van der Waals surface area contributed by atoms with Gasteiger partial charge in [0.15, 0.2) is 0 Å². The van der Waals surface area contributed by atoms with Crippen LogP contribution < -0.4 is 0 Å². The van der Waals surface area contributed by atoms with Gasteiger partial charge in [0.2, 0.25) is 0 Å². The Balaban J connectivity index is 2.88. The van der Waals surface area contributed by atoms with Crippen LogP contribution in [0.5, 0.6) is 0 Å². The fourth-order valence-electron chi connectivity index (χ4n) is 0.759. The summed E-state index contributed by atoms with van der Waals surface area (Å²) in [5.41, 5.74) is 2.07. The number of imidazole rings is 1. The molecule has 0 aliphatic carbocycles. The lowest BCUT2D eigenvalue weighted by Gasteiger charge is -1.90. The van der Waals surface area contributed by atoms with Crippen LogP contribution in [0, 0.1) is 0 Å². The Kier molecular flexibility index (Phi) is 1.90. The van der Waals surface area contributed by atoms with E-state index in [4.69, 9.17) is 0 Å². The van der Waals surface area contributed by atoms with E-state index in [2.05, 4.69) is 23.5 Å². The van der Waals surface area contributed by atoms with Gasteiger partial charge in [-0.15, -0.1) is 0 Å². The van der Waals surface area contributed by atoms with Crippen LogP contribution in [0.3, 0.4) is 0 Å². The summed E-state index contributed by atoms with van der Waals surface area (Å²) < 4.78 is 0. The largest absolute Gasteiger partial charge is 0.342 e. The molecule has 2 nitrogen and oxygen atoms in total. The Bertz CT molecular complexity index is 235. The van der Waals surface area contributed by atoms with Gasteiger partial charge in [-0.2, -0.15) is 0 Å². The summed E-state index contributed by atoms with van der Waals surface area (Å²) in [6.45, 7) is 7.84. The lowest BCUT2D eigenvalue weighted by atomic mass is 10.3. The first kappa shape index (κ1) is 7.06. The zero-order chi connectivity index (χ0) is 7.56. The lowest BCUT2D eigenvalue weighted by molar-refractivity contribution is 0.987. The van der Waals surface area contributed by atoms with Gasteiger partial charge in [-0.3, -0.25) is 0 Å². The predicted molar refractivity (Wildman–Crippen MR) is 42.7 cm³/mol. The summed E-state index contributed by atoms with van der Waals surface area (Å²) in [6, 6.07) is 0. The van der Waals surface area contributed by atoms with Crippen LogP contribution in [0.4, 0.5) is 0 Å². The van der Waals surface area contributed by atoms with Crippen molar-refractivity contribution in [3.8, 4) is 0 Å². The Hall–Kier alpha value is -1.05. The second-order valence-corrected chi connectivity index (χ2v) is 2.38. The van der Waals surface area contributed by atoms with E-state index in [9.17, 15) is 0 Å². The second kappa shape index (κ2) is 2.69. The van der Waals surface area contributed by atoms with Gasteiger partial charge < -0.3 is 4.98 Å². The van der Waals surface area contributed by atoms with E-state index in [1.807, 2.05) is 13.1 Å². The number of rotatable bonds is 2. The molecule has 0 saturated carbocycles. The standard InChI is InChI=1S/C8H12N2/c1-4-8-9-5-7(10-8)6(2)3/h5H,2,4H2,1,3H3,(H,9,10). The minimum absolute atomic E-state index is 0.952. The van der Waals surface area contributed by atoms with Crippen molar-refractivity contribution < 1.29 is 0 Å². The Labute approximate surface area is 61.0 Å². The average Bonchev–Trinajstić information content (AvgIpc) is 2.34. The topological polar surface area (TPSA) is 28.7 Å². The smallest absolute Gasteiger partial charge is 0.106 e. The van der Waals surface area contributed by atoms with Crippen LogP contribution in [-0.2, 0) is 6.42 Å². The molecule has 0 saturated heterocycles. The molecule has 10 heavy (non-hydrogen) atoms. The number of H-pyrrole nitrogens is 1. The second-order valence-electron chi connectivity index (χ2n) is 2.38. The molecule has 0 atom stereocenters. The Morgan fingerprint density at radius 1 is 1.80 bits per heavy atom. The number of hydrogen-bond donors (Lipinski definition) is 1. The number of hydrogen-bond acceptors (Lipinski definition) is 1. The van der Waals surface area contributed by atoms with Gasteiger partial charge in [0.1, 0.15) is 5.82 Å². The minimum Gasteiger partial charge on any atom is -0.342 e. The summed E-state index contributed by atoms with van der Waals surface area (Å²) in [4.78, 5) is 7.29. The third-order valence-corrected chi connectivity index (χ3v) is 1.42. The molecule has 1 N–H and O–H groups in total. The van der Waals surface area contributed by atoms with Gasteiger partial charge in [-0.25, -0.2) is 4.98 Å². The molecule has 0 bridgehead atoms. The van der Waals surface area contributed by atoms with E-state index >= 15 is 0 Å². The maximum Gasteiger partial charge on any atom is 0.106 e. The molecule has 2 heteroatoms. The zero-order valence-corrected chi connectivity index (χ0v) is 6.44. The van der Waals surface area contributed by atoms with E-state index in [0.717, 1.165) is 23.5 Å². The number of allylic oxidation sites excluding steroid dienone is 1. The van der Waals surface area contributed by atoms with Crippen molar-refractivity contribution in [3.63, 3.8) is 0 Å². The number of aryl methyl sites for hydroxylation is 1. The van der Waals surface area contributed by atoms with Crippen molar-refractivity contribution in [1.82, 2.24) is 9.97 Å². The van der Waals surface area contributed by atoms with E-state index < -0.39 is 0 Å². The fraction of sp³-hybridized carbons (Fsp3) is 0.375. The third-order valence-electron chi connectivity index (χ3n) is 1.42. The van der Waals surface area contributed by atoms with E-state index in [1.165, 1.54) is 0 Å². The molecule has 54 valence electrons. The number of nitrogens with one attached hydrogen (secondary N) is 1. The molecule has 1 rings (SSSR count). The third kappa shape index (κ3) is 1.26. The monoisotopic (exact) mass is 136 g/mol. The number of aromatic amines is 1. The van der Waals surface area contributed by atoms with Gasteiger partial charge >= 0.3 is 0 Å². The molecule has 0 unspecified atom stereocenters. The van der Waals surface area contributed by atoms with E-state index in [-0.39, 0.29) is 0 Å². The molecule has 0 aliphatic heterocycles. The quantitative estimate of drug-likeness (QED) is 0.661. The van der Waals surface area contributed by atoms with Crippen LogP contribution in [0.25, 0.3) is 5.57 Å². The van der Waals surface area contributed by atoms with Crippen molar-refractivity contribution in [3.05, 3.63) is 24.3 Å². The van der Waals surface area contributed by atoms with E-state index in [0.29, 0.717) is 0 Å². The first-order valence-electron chi connectivity index (χ1n) is 3.43. The van der Waals surface area contributed by atoms with Gasteiger partial charge in [-0.05, 0) is 12.5 Å². The van der Waals surface area contributed by atoms with Crippen molar-refractivity contribution >= 4 is 5.57 Å². The first-order valence-corrected chi connectivity index (χ1v) is 3.43. The number of aromatic nitrogens is 2. The fourth-order valence-corrected chi connectivity index (χ4v) is 0.759. The maximum atomic E-state index is 4.14. The SMILES string of the molecule is C=C(C)c1cnc(CC)[nH]1. The van der Waals surface area contributed by atoms with E-state index in [1.54, 1.807) is 0 Å². The molecule has 0 fully saturated rings. The molecule has 0 spiro atoms. The zero-order valence-electron chi connectivity index (χ0n) is 6.44. The van der Waals surface area contributed by atoms with Crippen molar-refractivity contribution in [2.24, 2.45) is 0 Å².